The van der Waals surface area contributed by atoms with Crippen molar-refractivity contribution in [3.05, 3.63) is 16.7 Å². The summed E-state index contributed by atoms with van der Waals surface area (Å²) in [6.07, 6.45) is 5.71. The molecule has 0 saturated carbocycles. The lowest BCUT2D eigenvalue weighted by Gasteiger charge is -2.13. The molecule has 0 amide bonds. The molecule has 1 N–H and O–H groups in total. The molecule has 8 heteroatoms. The Hall–Kier alpha value is -0.630. The number of halogens is 1. The normalized spacial score (nSPS) is 13.9. The minimum atomic E-state index is -3.66. The maximum atomic E-state index is 12.4. The fourth-order valence-corrected chi connectivity index (χ4v) is 4.79. The molecule has 0 aromatic carbocycles. The van der Waals surface area contributed by atoms with Gasteiger partial charge < -0.3 is 0 Å². The average molecular weight is 336 g/mol. The van der Waals surface area contributed by atoms with Crippen LogP contribution in [0, 0.1) is 0 Å². The first-order valence-corrected chi connectivity index (χ1v) is 9.33. The molecule has 0 bridgehead atoms. The minimum Gasteiger partial charge on any atom is -0.279 e. The van der Waals surface area contributed by atoms with E-state index in [2.05, 4.69) is 16.6 Å². The van der Waals surface area contributed by atoms with E-state index < -0.39 is 10.0 Å². The van der Waals surface area contributed by atoms with E-state index in [-0.39, 0.29) is 16.2 Å². The maximum absolute atomic E-state index is 12.4. The summed E-state index contributed by atoms with van der Waals surface area (Å²) in [5.74, 6) is 0. The number of sulfonamides is 1. The van der Waals surface area contributed by atoms with Gasteiger partial charge in [-0.3, -0.25) is 4.40 Å². The van der Waals surface area contributed by atoms with Crippen LogP contribution in [0.2, 0.25) is 5.15 Å². The standard InChI is InChI=1S/C12H18ClN3O2S2/c1-3-4-5-6-9(2)15-20(17,18)11-10(13)14-12-16(11)7-8-19-12/h7-9,15H,3-6H2,1-2H3. The number of unbranched alkanes of at least 4 members (excludes halogenated alkanes) is 2. The van der Waals surface area contributed by atoms with Crippen molar-refractivity contribution in [3.8, 4) is 0 Å². The fourth-order valence-electron chi connectivity index (χ4n) is 2.06. The van der Waals surface area contributed by atoms with E-state index in [1.165, 1.54) is 15.7 Å². The van der Waals surface area contributed by atoms with Crippen molar-refractivity contribution >= 4 is 37.9 Å². The number of aromatic nitrogens is 2. The molecule has 2 heterocycles. The van der Waals surface area contributed by atoms with Gasteiger partial charge in [0.2, 0.25) is 0 Å². The first-order chi connectivity index (χ1) is 9.45. The Morgan fingerprint density at radius 1 is 1.50 bits per heavy atom. The van der Waals surface area contributed by atoms with Gasteiger partial charge in [-0.2, -0.15) is 0 Å². The van der Waals surface area contributed by atoms with Gasteiger partial charge in [0.05, 0.1) is 0 Å². The van der Waals surface area contributed by atoms with Crippen LogP contribution in [0.5, 0.6) is 0 Å². The molecule has 1 unspecified atom stereocenters. The van der Waals surface area contributed by atoms with E-state index in [4.69, 9.17) is 11.6 Å². The summed E-state index contributed by atoms with van der Waals surface area (Å²) in [7, 11) is -3.66. The van der Waals surface area contributed by atoms with E-state index in [0.717, 1.165) is 25.7 Å². The largest absolute Gasteiger partial charge is 0.279 e. The third-order valence-corrected chi connectivity index (χ3v) is 5.77. The molecule has 112 valence electrons. The van der Waals surface area contributed by atoms with E-state index in [9.17, 15) is 8.42 Å². The molecule has 0 aliphatic heterocycles. The highest BCUT2D eigenvalue weighted by Crippen LogP contribution is 2.25. The SMILES string of the molecule is CCCCCC(C)NS(=O)(=O)c1c(Cl)nc2sccn12. The predicted molar refractivity (Wildman–Crippen MR) is 82.0 cm³/mol. The summed E-state index contributed by atoms with van der Waals surface area (Å²) in [5, 5.41) is 1.82. The van der Waals surface area contributed by atoms with Crippen LogP contribution in [0.15, 0.2) is 16.6 Å². The first kappa shape index (κ1) is 15.8. The number of rotatable bonds is 7. The molecular weight excluding hydrogens is 318 g/mol. The smallest absolute Gasteiger partial charge is 0.260 e. The molecule has 2 aromatic rings. The van der Waals surface area contributed by atoms with Crippen molar-refractivity contribution < 1.29 is 8.42 Å². The zero-order valence-electron chi connectivity index (χ0n) is 11.5. The number of imidazole rings is 1. The Morgan fingerprint density at radius 2 is 2.25 bits per heavy atom. The Bertz CT molecular complexity index is 678. The van der Waals surface area contributed by atoms with Crippen LogP contribution in [0.4, 0.5) is 0 Å². The molecule has 0 aliphatic rings. The number of hydrogen-bond acceptors (Lipinski definition) is 4. The summed E-state index contributed by atoms with van der Waals surface area (Å²) >= 11 is 7.31. The van der Waals surface area contributed by atoms with E-state index >= 15 is 0 Å². The summed E-state index contributed by atoms with van der Waals surface area (Å²) in [6, 6.07) is -0.119. The number of hydrogen-bond donors (Lipinski definition) is 1. The van der Waals surface area contributed by atoms with Gasteiger partial charge >= 0.3 is 0 Å². The third kappa shape index (κ3) is 3.33. The van der Waals surface area contributed by atoms with Gasteiger partial charge in [-0.25, -0.2) is 18.1 Å². The van der Waals surface area contributed by atoms with E-state index in [0.29, 0.717) is 4.96 Å². The quantitative estimate of drug-likeness (QED) is 0.790. The molecule has 0 fully saturated rings. The summed E-state index contributed by atoms with van der Waals surface area (Å²) in [6.45, 7) is 3.99. The Morgan fingerprint density at radius 3 is 2.95 bits per heavy atom. The summed E-state index contributed by atoms with van der Waals surface area (Å²) in [5.41, 5.74) is 0. The predicted octanol–water partition coefficient (Wildman–Crippen LogP) is 3.30. The lowest BCUT2D eigenvalue weighted by atomic mass is 10.1. The van der Waals surface area contributed by atoms with Crippen molar-refractivity contribution in [2.24, 2.45) is 0 Å². The molecule has 1 atom stereocenters. The summed E-state index contributed by atoms with van der Waals surface area (Å²) in [4.78, 5) is 4.63. The number of fused-ring (bicyclic) bond motifs is 1. The lowest BCUT2D eigenvalue weighted by Crippen LogP contribution is -2.33. The van der Waals surface area contributed by atoms with Gasteiger partial charge in [0.15, 0.2) is 15.1 Å². The molecular formula is C12H18ClN3O2S2. The summed E-state index contributed by atoms with van der Waals surface area (Å²) < 4.78 is 29.0. The maximum Gasteiger partial charge on any atom is 0.260 e. The van der Waals surface area contributed by atoms with Crippen molar-refractivity contribution in [1.82, 2.24) is 14.1 Å². The number of nitrogens with one attached hydrogen (secondary N) is 1. The van der Waals surface area contributed by atoms with Crippen LogP contribution in [0.25, 0.3) is 4.96 Å². The third-order valence-electron chi connectivity index (χ3n) is 3.03. The van der Waals surface area contributed by atoms with Crippen molar-refractivity contribution in [2.45, 2.75) is 50.6 Å². The van der Waals surface area contributed by atoms with Crippen molar-refractivity contribution in [1.29, 1.82) is 0 Å². The molecule has 5 nitrogen and oxygen atoms in total. The van der Waals surface area contributed by atoms with Crippen LogP contribution >= 0.6 is 22.9 Å². The molecule has 0 radical (unpaired) electrons. The Balaban J connectivity index is 2.18. The Labute approximate surface area is 128 Å². The fraction of sp³-hybridized carbons (Fsp3) is 0.583. The van der Waals surface area contributed by atoms with Gasteiger partial charge in [0, 0.05) is 17.6 Å². The highest BCUT2D eigenvalue weighted by molar-refractivity contribution is 7.89. The lowest BCUT2D eigenvalue weighted by molar-refractivity contribution is 0.524. The number of nitrogens with zero attached hydrogens (tertiary/aromatic N) is 2. The molecule has 0 saturated heterocycles. The first-order valence-electron chi connectivity index (χ1n) is 6.59. The second kappa shape index (κ2) is 6.43. The van der Waals surface area contributed by atoms with Crippen LogP contribution < -0.4 is 4.72 Å². The minimum absolute atomic E-state index is 0.0186. The molecule has 0 aliphatic carbocycles. The van der Waals surface area contributed by atoms with Gasteiger partial charge in [0.1, 0.15) is 0 Å². The van der Waals surface area contributed by atoms with Gasteiger partial charge in [-0.05, 0) is 13.3 Å². The monoisotopic (exact) mass is 335 g/mol. The van der Waals surface area contributed by atoms with Crippen LogP contribution in [-0.2, 0) is 10.0 Å². The highest BCUT2D eigenvalue weighted by atomic mass is 35.5. The average Bonchev–Trinajstić information content (AvgIpc) is 2.87. The van der Waals surface area contributed by atoms with Crippen molar-refractivity contribution in [2.75, 3.05) is 0 Å². The molecule has 2 rings (SSSR count). The van der Waals surface area contributed by atoms with Crippen LogP contribution in [0.1, 0.15) is 39.5 Å². The number of thiazole rings is 1. The van der Waals surface area contributed by atoms with Gasteiger partial charge in [-0.15, -0.1) is 11.3 Å². The van der Waals surface area contributed by atoms with Gasteiger partial charge in [-0.1, -0.05) is 37.8 Å². The zero-order chi connectivity index (χ0) is 14.8. The van der Waals surface area contributed by atoms with Crippen molar-refractivity contribution in [3.63, 3.8) is 0 Å². The highest BCUT2D eigenvalue weighted by Gasteiger charge is 2.26. The van der Waals surface area contributed by atoms with Crippen LogP contribution in [-0.4, -0.2) is 23.8 Å². The second-order valence-electron chi connectivity index (χ2n) is 4.78. The topological polar surface area (TPSA) is 63.5 Å². The second-order valence-corrected chi connectivity index (χ2v) is 7.64. The van der Waals surface area contributed by atoms with Crippen LogP contribution in [0.3, 0.4) is 0 Å². The van der Waals surface area contributed by atoms with E-state index in [1.54, 1.807) is 11.6 Å². The molecule has 2 aromatic heterocycles. The molecule has 20 heavy (non-hydrogen) atoms. The Kier molecular flexibility index (Phi) is 5.06. The van der Waals surface area contributed by atoms with E-state index in [1.807, 2.05) is 6.92 Å². The molecule has 0 spiro atoms. The van der Waals surface area contributed by atoms with Gasteiger partial charge in [0.25, 0.3) is 10.0 Å². The zero-order valence-corrected chi connectivity index (χ0v) is 13.9.